The van der Waals surface area contributed by atoms with Gasteiger partial charge in [0.15, 0.2) is 0 Å². The average Bonchev–Trinajstić information content (AvgIpc) is 3.33. The second-order valence-corrected chi connectivity index (χ2v) is 10.1. The number of H-pyrrole nitrogens is 1. The van der Waals surface area contributed by atoms with Crippen LogP contribution in [0.15, 0.2) is 24.3 Å². The number of carbonyl (C=O) groups is 3. The molecule has 1 aromatic heterocycles. The lowest BCUT2D eigenvalue weighted by Gasteiger charge is -2.53. The number of aromatic amines is 1. The summed E-state index contributed by atoms with van der Waals surface area (Å²) in [6.07, 6.45) is 1.38. The highest BCUT2D eigenvalue weighted by atomic mass is 19.3. The van der Waals surface area contributed by atoms with Crippen LogP contribution in [0, 0.1) is 23.2 Å². The summed E-state index contributed by atoms with van der Waals surface area (Å²) in [6.45, 7) is 0.565. The summed E-state index contributed by atoms with van der Waals surface area (Å²) in [4.78, 5) is 43.6. The number of nitrogens with zero attached hydrogens (tertiary/aromatic N) is 2. The van der Waals surface area contributed by atoms with E-state index >= 15 is 0 Å². The molecule has 4 aliphatic rings. The molecule has 1 aromatic carbocycles. The number of methoxy groups -OCH3 is 1. The van der Waals surface area contributed by atoms with Crippen molar-refractivity contribution in [2.45, 2.75) is 62.6 Å². The molecule has 6 rings (SSSR count). The predicted octanol–water partition coefficient (Wildman–Crippen LogP) is 2.73. The highest BCUT2D eigenvalue weighted by molar-refractivity contribution is 6.02. The summed E-state index contributed by atoms with van der Waals surface area (Å²) in [5.41, 5.74) is 0.815. The van der Waals surface area contributed by atoms with E-state index in [0.29, 0.717) is 36.0 Å². The lowest BCUT2D eigenvalue weighted by atomic mass is 9.71. The molecule has 5 atom stereocenters. The SMILES string of the molecule is COc1cccc2[nH]c(C(=O)N3[C@@H]4CC[C@H]([C@@H]3C(=O)N[C@@H](C#N)C[C@@H]3CCCNC3=O)C(F)(F)C4)cc12. The van der Waals surface area contributed by atoms with E-state index in [2.05, 4.69) is 15.6 Å². The van der Waals surface area contributed by atoms with Crippen LogP contribution in [0.1, 0.15) is 49.0 Å². The smallest absolute Gasteiger partial charge is 0.271 e. The van der Waals surface area contributed by atoms with Crippen molar-refractivity contribution in [2.75, 3.05) is 13.7 Å². The predicted molar refractivity (Wildman–Crippen MR) is 129 cm³/mol. The Hall–Kier alpha value is -3.68. The van der Waals surface area contributed by atoms with Gasteiger partial charge in [-0.15, -0.1) is 0 Å². The molecule has 3 N–H and O–H groups in total. The van der Waals surface area contributed by atoms with Gasteiger partial charge in [-0.05, 0) is 50.3 Å². The molecule has 0 spiro atoms. The third-order valence-corrected chi connectivity index (χ3v) is 7.90. The van der Waals surface area contributed by atoms with Gasteiger partial charge in [0, 0.05) is 35.8 Å². The summed E-state index contributed by atoms with van der Waals surface area (Å²) >= 11 is 0. The number of ether oxygens (including phenoxy) is 1. The second-order valence-electron chi connectivity index (χ2n) is 10.1. The Morgan fingerprint density at radius 3 is 2.84 bits per heavy atom. The standard InChI is InChI=1S/C26H29F2N5O4/c1-37-21-6-2-5-19-17(21)11-20(32-19)25(36)33-16-7-8-18(26(27,28)12-16)22(33)24(35)31-15(13-29)10-14-4-3-9-30-23(14)34/h2,5-6,11,14-16,18,22,32H,3-4,7-10,12H2,1H3,(H,30,34)(H,31,35)/t14-,15+,16+,18+,22+/m0/s1. The fourth-order valence-electron chi connectivity index (χ4n) is 6.10. The van der Waals surface area contributed by atoms with Gasteiger partial charge in [-0.3, -0.25) is 14.4 Å². The van der Waals surface area contributed by atoms with E-state index in [4.69, 9.17) is 4.74 Å². The van der Waals surface area contributed by atoms with Crippen LogP contribution in [-0.2, 0) is 9.59 Å². The van der Waals surface area contributed by atoms with Crippen LogP contribution in [0.2, 0.25) is 0 Å². The van der Waals surface area contributed by atoms with E-state index in [1.165, 1.54) is 12.0 Å². The van der Waals surface area contributed by atoms with E-state index < -0.39 is 54.1 Å². The van der Waals surface area contributed by atoms with Crippen molar-refractivity contribution in [3.8, 4) is 11.8 Å². The lowest BCUT2D eigenvalue weighted by molar-refractivity contribution is -0.179. The van der Waals surface area contributed by atoms with Crippen LogP contribution in [0.3, 0.4) is 0 Å². The Labute approximate surface area is 212 Å². The molecule has 4 fully saturated rings. The van der Waals surface area contributed by atoms with Gasteiger partial charge in [0.2, 0.25) is 11.8 Å². The Balaban J connectivity index is 1.42. The first-order valence-electron chi connectivity index (χ1n) is 12.6. The zero-order valence-electron chi connectivity index (χ0n) is 20.4. The third-order valence-electron chi connectivity index (χ3n) is 7.90. The molecule has 196 valence electrons. The summed E-state index contributed by atoms with van der Waals surface area (Å²) in [5.74, 6) is -5.90. The van der Waals surface area contributed by atoms with Gasteiger partial charge in [-0.25, -0.2) is 8.78 Å². The van der Waals surface area contributed by atoms with Crippen molar-refractivity contribution in [3.63, 3.8) is 0 Å². The van der Waals surface area contributed by atoms with E-state index in [0.717, 1.165) is 6.42 Å². The maximum atomic E-state index is 15.0. The molecule has 11 heteroatoms. The minimum absolute atomic E-state index is 0.0844. The number of amides is 3. The number of hydrogen-bond donors (Lipinski definition) is 3. The molecular weight excluding hydrogens is 484 g/mol. The van der Waals surface area contributed by atoms with Crippen LogP contribution < -0.4 is 15.4 Å². The molecule has 9 nitrogen and oxygen atoms in total. The first-order chi connectivity index (χ1) is 17.7. The van der Waals surface area contributed by atoms with Gasteiger partial charge in [0.25, 0.3) is 11.8 Å². The minimum Gasteiger partial charge on any atom is -0.496 e. The number of alkyl halides is 2. The number of fused-ring (bicyclic) bond motifs is 4. The highest BCUT2D eigenvalue weighted by Crippen LogP contribution is 2.49. The van der Waals surface area contributed by atoms with Crippen molar-refractivity contribution >= 4 is 28.6 Å². The quantitative estimate of drug-likeness (QED) is 0.547. The second kappa shape index (κ2) is 9.65. The molecule has 4 heterocycles. The van der Waals surface area contributed by atoms with Crippen molar-refractivity contribution in [1.29, 1.82) is 5.26 Å². The third kappa shape index (κ3) is 4.49. The maximum absolute atomic E-state index is 15.0. The highest BCUT2D eigenvalue weighted by Gasteiger charge is 2.60. The van der Waals surface area contributed by atoms with Gasteiger partial charge in [-0.1, -0.05) is 6.07 Å². The number of piperidine rings is 3. The number of hydrogen-bond acceptors (Lipinski definition) is 5. The van der Waals surface area contributed by atoms with Gasteiger partial charge < -0.3 is 25.3 Å². The maximum Gasteiger partial charge on any atom is 0.271 e. The van der Waals surface area contributed by atoms with E-state index in [9.17, 15) is 28.4 Å². The van der Waals surface area contributed by atoms with Crippen molar-refractivity contribution < 1.29 is 27.9 Å². The number of rotatable bonds is 6. The first kappa shape index (κ1) is 25.0. The molecule has 1 saturated carbocycles. The molecule has 1 aliphatic carbocycles. The Bertz CT molecular complexity index is 1270. The molecule has 2 aromatic rings. The summed E-state index contributed by atoms with van der Waals surface area (Å²) < 4.78 is 35.4. The number of nitriles is 1. The van der Waals surface area contributed by atoms with Crippen molar-refractivity contribution in [2.24, 2.45) is 11.8 Å². The summed E-state index contributed by atoms with van der Waals surface area (Å²) in [7, 11) is 1.51. The van der Waals surface area contributed by atoms with Gasteiger partial charge >= 0.3 is 0 Å². The molecule has 3 aliphatic heterocycles. The average molecular weight is 514 g/mol. The number of halogens is 2. The molecule has 0 radical (unpaired) electrons. The lowest BCUT2D eigenvalue weighted by Crippen LogP contribution is -2.68. The van der Waals surface area contributed by atoms with Crippen LogP contribution in [0.4, 0.5) is 8.78 Å². The zero-order valence-corrected chi connectivity index (χ0v) is 20.4. The van der Waals surface area contributed by atoms with Crippen LogP contribution in [0.25, 0.3) is 10.9 Å². The number of nitrogens with one attached hydrogen (secondary N) is 3. The number of aromatic nitrogens is 1. The Morgan fingerprint density at radius 2 is 2.14 bits per heavy atom. The fourth-order valence-corrected chi connectivity index (χ4v) is 6.10. The van der Waals surface area contributed by atoms with Crippen LogP contribution >= 0.6 is 0 Å². The van der Waals surface area contributed by atoms with E-state index in [1.807, 2.05) is 6.07 Å². The van der Waals surface area contributed by atoms with E-state index in [1.54, 1.807) is 24.3 Å². The monoisotopic (exact) mass is 513 g/mol. The largest absolute Gasteiger partial charge is 0.496 e. The molecule has 0 unspecified atom stereocenters. The van der Waals surface area contributed by atoms with Gasteiger partial charge in [0.05, 0.1) is 19.1 Å². The number of carbonyl (C=O) groups excluding carboxylic acids is 3. The van der Waals surface area contributed by atoms with Crippen molar-refractivity contribution in [3.05, 3.63) is 30.0 Å². The molecular formula is C26H29F2N5O4. The first-order valence-corrected chi connectivity index (χ1v) is 12.6. The van der Waals surface area contributed by atoms with Gasteiger partial charge in [-0.2, -0.15) is 5.26 Å². The Morgan fingerprint density at radius 1 is 1.32 bits per heavy atom. The molecule has 37 heavy (non-hydrogen) atoms. The van der Waals surface area contributed by atoms with Crippen LogP contribution in [-0.4, -0.2) is 65.3 Å². The number of benzene rings is 1. The molecule has 3 amide bonds. The summed E-state index contributed by atoms with van der Waals surface area (Å²) in [6, 6.07) is 5.59. The van der Waals surface area contributed by atoms with Gasteiger partial charge in [0.1, 0.15) is 23.5 Å². The minimum atomic E-state index is -3.11. The van der Waals surface area contributed by atoms with Crippen LogP contribution in [0.5, 0.6) is 5.75 Å². The zero-order chi connectivity index (χ0) is 26.3. The van der Waals surface area contributed by atoms with Crippen molar-refractivity contribution in [1.82, 2.24) is 20.5 Å². The Kier molecular flexibility index (Phi) is 6.52. The topological polar surface area (TPSA) is 127 Å². The summed E-state index contributed by atoms with van der Waals surface area (Å²) in [5, 5.41) is 15.6. The van der Waals surface area contributed by atoms with E-state index in [-0.39, 0.29) is 24.4 Å². The normalized spacial score (nSPS) is 27.3. The molecule has 2 bridgehead atoms. The fraction of sp³-hybridized carbons (Fsp3) is 0.538. The molecule has 3 saturated heterocycles.